The summed E-state index contributed by atoms with van der Waals surface area (Å²) < 4.78 is 0. The van der Waals surface area contributed by atoms with Crippen LogP contribution in [0.2, 0.25) is 38.3 Å². The average Bonchev–Trinajstić information content (AvgIpc) is 2.19. The number of rotatable bonds is 11. The second-order valence-electron chi connectivity index (χ2n) is 6.24. The standard InChI is InChI=1S/C14H32Si2/c1-15-13-11-9-7-5-6-8-10-12-14-16(2,3)4/h5-14H2,1-4H3. The van der Waals surface area contributed by atoms with Crippen molar-refractivity contribution in [1.82, 2.24) is 0 Å². The van der Waals surface area contributed by atoms with Crippen LogP contribution in [0.15, 0.2) is 0 Å². The van der Waals surface area contributed by atoms with Crippen molar-refractivity contribution < 1.29 is 0 Å². The molecule has 0 aromatic heterocycles. The molecular formula is C14H32Si2. The molecule has 0 aliphatic carbocycles. The molecule has 0 unspecified atom stereocenters. The molecule has 0 amide bonds. The Morgan fingerprint density at radius 3 is 1.56 bits per heavy atom. The van der Waals surface area contributed by atoms with Gasteiger partial charge in [0, 0.05) is 17.6 Å². The zero-order valence-corrected chi connectivity index (χ0v) is 14.1. The van der Waals surface area contributed by atoms with Gasteiger partial charge < -0.3 is 0 Å². The Labute approximate surface area is 107 Å². The molecule has 0 aromatic carbocycles. The van der Waals surface area contributed by atoms with Crippen LogP contribution in [0.3, 0.4) is 0 Å². The van der Waals surface area contributed by atoms with Crippen LogP contribution in [0.5, 0.6) is 0 Å². The predicted molar refractivity (Wildman–Crippen MR) is 81.5 cm³/mol. The highest BCUT2D eigenvalue weighted by molar-refractivity contribution is 6.76. The van der Waals surface area contributed by atoms with Crippen LogP contribution in [0.1, 0.15) is 51.4 Å². The van der Waals surface area contributed by atoms with E-state index in [1.165, 1.54) is 73.0 Å². The highest BCUT2D eigenvalue weighted by Crippen LogP contribution is 2.16. The maximum Gasteiger partial charge on any atom is 0.0442 e. The number of unbranched alkanes of at least 4 members (excludes halogenated alkanes) is 7. The van der Waals surface area contributed by atoms with E-state index in [4.69, 9.17) is 0 Å². The molecule has 0 bridgehead atoms. The van der Waals surface area contributed by atoms with Gasteiger partial charge in [-0.3, -0.25) is 0 Å². The van der Waals surface area contributed by atoms with Gasteiger partial charge >= 0.3 is 0 Å². The molecule has 0 N–H and O–H groups in total. The molecule has 0 heterocycles. The molecule has 0 saturated heterocycles. The minimum atomic E-state index is -0.747. The van der Waals surface area contributed by atoms with Crippen molar-refractivity contribution >= 4 is 17.6 Å². The van der Waals surface area contributed by atoms with E-state index in [9.17, 15) is 0 Å². The lowest BCUT2D eigenvalue weighted by atomic mass is 10.1. The summed E-state index contributed by atoms with van der Waals surface area (Å²) in [5, 5.41) is 0. The zero-order chi connectivity index (χ0) is 12.3. The van der Waals surface area contributed by atoms with Crippen molar-refractivity contribution in [3.05, 3.63) is 0 Å². The second-order valence-corrected chi connectivity index (χ2v) is 13.1. The fraction of sp³-hybridized carbons (Fsp3) is 1.00. The van der Waals surface area contributed by atoms with Crippen molar-refractivity contribution in [1.29, 1.82) is 0 Å². The fourth-order valence-corrected chi connectivity index (χ4v) is 3.93. The van der Waals surface area contributed by atoms with E-state index >= 15 is 0 Å². The molecule has 0 aliphatic rings. The minimum Gasteiger partial charge on any atom is -0.0733 e. The van der Waals surface area contributed by atoms with E-state index in [2.05, 4.69) is 26.2 Å². The van der Waals surface area contributed by atoms with Gasteiger partial charge in [0.15, 0.2) is 0 Å². The van der Waals surface area contributed by atoms with Crippen molar-refractivity contribution in [2.75, 3.05) is 0 Å². The molecule has 0 nitrogen and oxygen atoms in total. The minimum absolute atomic E-state index is 0.747. The third-order valence-electron chi connectivity index (χ3n) is 3.10. The van der Waals surface area contributed by atoms with Crippen LogP contribution in [-0.2, 0) is 0 Å². The smallest absolute Gasteiger partial charge is 0.0442 e. The Kier molecular flexibility index (Phi) is 10.9. The van der Waals surface area contributed by atoms with Gasteiger partial charge in [0.25, 0.3) is 0 Å². The molecule has 0 atom stereocenters. The van der Waals surface area contributed by atoms with Gasteiger partial charge in [-0.15, -0.1) is 0 Å². The molecule has 0 saturated carbocycles. The van der Waals surface area contributed by atoms with E-state index in [1.54, 1.807) is 0 Å². The van der Waals surface area contributed by atoms with Crippen LogP contribution in [0.4, 0.5) is 0 Å². The summed E-state index contributed by atoms with van der Waals surface area (Å²) in [6, 6.07) is 3.00. The molecule has 0 aliphatic heterocycles. The first kappa shape index (κ1) is 16.4. The van der Waals surface area contributed by atoms with Crippen LogP contribution in [-0.4, -0.2) is 17.6 Å². The number of hydrogen-bond acceptors (Lipinski definition) is 0. The van der Waals surface area contributed by atoms with Gasteiger partial charge in [0.05, 0.1) is 0 Å². The Bertz CT molecular complexity index is 138. The van der Waals surface area contributed by atoms with E-state index in [-0.39, 0.29) is 0 Å². The molecular weight excluding hydrogens is 224 g/mol. The van der Waals surface area contributed by atoms with E-state index in [1.807, 2.05) is 0 Å². The predicted octanol–water partition coefficient (Wildman–Crippen LogP) is 5.62. The monoisotopic (exact) mass is 256 g/mol. The first-order chi connectivity index (χ1) is 7.56. The summed E-state index contributed by atoms with van der Waals surface area (Å²) in [6.07, 6.45) is 11.9. The van der Waals surface area contributed by atoms with Gasteiger partial charge in [0.2, 0.25) is 0 Å². The molecule has 16 heavy (non-hydrogen) atoms. The van der Waals surface area contributed by atoms with E-state index < -0.39 is 8.07 Å². The lowest BCUT2D eigenvalue weighted by molar-refractivity contribution is 0.583. The highest BCUT2D eigenvalue weighted by Gasteiger charge is 2.11. The molecule has 0 spiro atoms. The van der Waals surface area contributed by atoms with Crippen LogP contribution in [0, 0.1) is 0 Å². The molecule has 2 heteroatoms. The van der Waals surface area contributed by atoms with Crippen LogP contribution in [0.25, 0.3) is 0 Å². The van der Waals surface area contributed by atoms with Crippen molar-refractivity contribution in [2.24, 2.45) is 0 Å². The van der Waals surface area contributed by atoms with Gasteiger partial charge in [-0.25, -0.2) is 0 Å². The summed E-state index contributed by atoms with van der Waals surface area (Å²) in [5.74, 6) is 0. The maximum absolute atomic E-state index is 2.49. The quantitative estimate of drug-likeness (QED) is 0.333. The number of hydrogen-bond donors (Lipinski definition) is 0. The van der Waals surface area contributed by atoms with E-state index in [0.717, 1.165) is 0 Å². The first-order valence-corrected chi connectivity index (χ1v) is 12.6. The second kappa shape index (κ2) is 10.6. The Balaban J connectivity index is 2.99. The molecule has 2 radical (unpaired) electrons. The SMILES string of the molecule is C[Si]CCCCCCCCCC[Si](C)(C)C. The lowest BCUT2D eigenvalue weighted by Gasteiger charge is -2.14. The summed E-state index contributed by atoms with van der Waals surface area (Å²) in [7, 11) is 0.421. The Morgan fingerprint density at radius 1 is 0.688 bits per heavy atom. The maximum atomic E-state index is 2.49. The van der Waals surface area contributed by atoms with Gasteiger partial charge in [-0.05, 0) is 0 Å². The average molecular weight is 257 g/mol. The van der Waals surface area contributed by atoms with E-state index in [0.29, 0.717) is 0 Å². The molecule has 0 fully saturated rings. The van der Waals surface area contributed by atoms with Crippen molar-refractivity contribution in [3.63, 3.8) is 0 Å². The fourth-order valence-electron chi connectivity index (χ4n) is 2.02. The summed E-state index contributed by atoms with van der Waals surface area (Å²) >= 11 is 0. The molecule has 0 rings (SSSR count). The topological polar surface area (TPSA) is 0 Å². The van der Waals surface area contributed by atoms with Crippen molar-refractivity contribution in [2.45, 2.75) is 89.6 Å². The Morgan fingerprint density at radius 2 is 1.12 bits per heavy atom. The summed E-state index contributed by atoms with van der Waals surface area (Å²) in [5.41, 5.74) is 0. The Hall–Kier alpha value is 0.434. The molecule has 0 aromatic rings. The summed E-state index contributed by atoms with van der Waals surface area (Å²) in [6.45, 7) is 9.78. The normalized spacial score (nSPS) is 12.0. The molecule has 96 valence electrons. The lowest BCUT2D eigenvalue weighted by Crippen LogP contribution is -2.18. The largest absolute Gasteiger partial charge is 0.0733 e. The highest BCUT2D eigenvalue weighted by atomic mass is 28.3. The van der Waals surface area contributed by atoms with Gasteiger partial charge in [0.1, 0.15) is 0 Å². The zero-order valence-electron chi connectivity index (χ0n) is 12.1. The van der Waals surface area contributed by atoms with Gasteiger partial charge in [-0.2, -0.15) is 0 Å². The first-order valence-electron chi connectivity index (χ1n) is 7.21. The third-order valence-corrected chi connectivity index (χ3v) is 5.81. The van der Waals surface area contributed by atoms with Crippen LogP contribution < -0.4 is 0 Å². The summed E-state index contributed by atoms with van der Waals surface area (Å²) in [4.78, 5) is 0. The van der Waals surface area contributed by atoms with Crippen molar-refractivity contribution in [3.8, 4) is 0 Å². The van der Waals surface area contributed by atoms with Gasteiger partial charge in [-0.1, -0.05) is 89.6 Å². The third kappa shape index (κ3) is 14.4. The van der Waals surface area contributed by atoms with Crippen LogP contribution >= 0.6 is 0 Å².